The fourth-order valence-corrected chi connectivity index (χ4v) is 4.39. The number of fused-ring (bicyclic) bond motifs is 1. The maximum Gasteiger partial charge on any atom is 0.215 e. The van der Waals surface area contributed by atoms with Crippen molar-refractivity contribution < 1.29 is 13.2 Å². The second-order valence-corrected chi connectivity index (χ2v) is 8.21. The molecule has 27 heavy (non-hydrogen) atoms. The zero-order chi connectivity index (χ0) is 19.0. The van der Waals surface area contributed by atoms with Crippen molar-refractivity contribution in [3.63, 3.8) is 0 Å². The van der Waals surface area contributed by atoms with Crippen LogP contribution in [0.3, 0.4) is 0 Å². The van der Waals surface area contributed by atoms with Gasteiger partial charge in [-0.05, 0) is 23.6 Å². The number of nitrogens with one attached hydrogen (secondary N) is 2. The van der Waals surface area contributed by atoms with Crippen LogP contribution in [-0.4, -0.2) is 64.3 Å². The molecule has 154 valence electrons. The van der Waals surface area contributed by atoms with E-state index in [0.717, 1.165) is 31.7 Å². The van der Waals surface area contributed by atoms with Gasteiger partial charge < -0.3 is 15.4 Å². The van der Waals surface area contributed by atoms with E-state index in [0.29, 0.717) is 25.6 Å². The summed E-state index contributed by atoms with van der Waals surface area (Å²) in [6.45, 7) is 6.51. The molecule has 1 aromatic carbocycles. The topological polar surface area (TPSA) is 83.0 Å². The minimum absolute atomic E-state index is 0. The first-order valence-corrected chi connectivity index (χ1v) is 10.8. The molecule has 1 aliphatic heterocycles. The number of aliphatic imine (C=N–C) groups is 1. The number of guanidine groups is 1. The predicted molar refractivity (Wildman–Crippen MR) is 121 cm³/mol. The molecule has 7 nitrogen and oxygen atoms in total. The number of hydrogen-bond donors (Lipinski definition) is 2. The Bertz CT molecular complexity index is 721. The summed E-state index contributed by atoms with van der Waals surface area (Å²) in [5, 5.41) is 6.30. The minimum Gasteiger partial charge on any atom is -0.493 e. The Kier molecular flexibility index (Phi) is 10.4. The van der Waals surface area contributed by atoms with Crippen molar-refractivity contribution in [2.45, 2.75) is 26.7 Å². The summed E-state index contributed by atoms with van der Waals surface area (Å²) in [5.74, 6) is 1.66. The van der Waals surface area contributed by atoms with Crippen LogP contribution in [-0.2, 0) is 22.9 Å². The third kappa shape index (κ3) is 7.11. The SMILES string of the molecule is CCN(CC)S(=O)(=O)CCNC(=NC)NCCc1ccc2c(c1)CCO2.I. The Morgan fingerprint density at radius 2 is 1.93 bits per heavy atom. The molecule has 0 aromatic heterocycles. The molecule has 0 saturated carbocycles. The largest absolute Gasteiger partial charge is 0.493 e. The maximum atomic E-state index is 12.2. The van der Waals surface area contributed by atoms with Crippen LogP contribution in [0.25, 0.3) is 0 Å². The molecule has 2 N–H and O–H groups in total. The molecule has 0 spiro atoms. The van der Waals surface area contributed by atoms with Crippen LogP contribution in [0.15, 0.2) is 23.2 Å². The van der Waals surface area contributed by atoms with E-state index in [1.165, 1.54) is 15.4 Å². The highest BCUT2D eigenvalue weighted by atomic mass is 127. The average Bonchev–Trinajstić information content (AvgIpc) is 3.08. The van der Waals surface area contributed by atoms with Crippen LogP contribution in [0.5, 0.6) is 5.75 Å². The van der Waals surface area contributed by atoms with Crippen LogP contribution in [0, 0.1) is 0 Å². The van der Waals surface area contributed by atoms with Crippen molar-refractivity contribution in [3.05, 3.63) is 29.3 Å². The van der Waals surface area contributed by atoms with Crippen LogP contribution < -0.4 is 15.4 Å². The Morgan fingerprint density at radius 3 is 2.59 bits per heavy atom. The Morgan fingerprint density at radius 1 is 1.22 bits per heavy atom. The van der Waals surface area contributed by atoms with E-state index in [4.69, 9.17) is 4.74 Å². The monoisotopic (exact) mass is 510 g/mol. The number of benzene rings is 1. The first kappa shape index (κ1) is 24.0. The van der Waals surface area contributed by atoms with Gasteiger partial charge in [-0.3, -0.25) is 4.99 Å². The Labute approximate surface area is 180 Å². The van der Waals surface area contributed by atoms with Crippen LogP contribution in [0.2, 0.25) is 0 Å². The number of nitrogens with zero attached hydrogens (tertiary/aromatic N) is 2. The summed E-state index contributed by atoms with van der Waals surface area (Å²) in [6, 6.07) is 6.30. The fourth-order valence-electron chi connectivity index (χ4n) is 2.99. The fraction of sp³-hybridized carbons (Fsp3) is 0.611. The van der Waals surface area contributed by atoms with Crippen molar-refractivity contribution in [1.82, 2.24) is 14.9 Å². The molecule has 0 radical (unpaired) electrons. The van der Waals surface area contributed by atoms with Gasteiger partial charge in [-0.1, -0.05) is 26.0 Å². The van der Waals surface area contributed by atoms with Crippen LogP contribution in [0.4, 0.5) is 0 Å². The van der Waals surface area contributed by atoms with Gasteiger partial charge in [-0.25, -0.2) is 12.7 Å². The van der Waals surface area contributed by atoms with E-state index in [9.17, 15) is 8.42 Å². The van der Waals surface area contributed by atoms with Gasteiger partial charge in [0.1, 0.15) is 5.75 Å². The minimum atomic E-state index is -3.22. The molecule has 0 atom stereocenters. The summed E-state index contributed by atoms with van der Waals surface area (Å²) in [4.78, 5) is 4.15. The van der Waals surface area contributed by atoms with E-state index in [1.807, 2.05) is 19.9 Å². The maximum absolute atomic E-state index is 12.2. The second-order valence-electron chi connectivity index (χ2n) is 6.12. The molecule has 1 aliphatic rings. The van der Waals surface area contributed by atoms with E-state index in [-0.39, 0.29) is 29.7 Å². The molecule has 1 heterocycles. The molecule has 9 heteroatoms. The molecule has 2 rings (SSSR count). The highest BCUT2D eigenvalue weighted by molar-refractivity contribution is 14.0. The van der Waals surface area contributed by atoms with Crippen molar-refractivity contribution in [3.8, 4) is 5.75 Å². The quantitative estimate of drug-likeness (QED) is 0.300. The number of rotatable bonds is 9. The third-order valence-corrected chi connectivity index (χ3v) is 6.46. The van der Waals surface area contributed by atoms with Crippen LogP contribution in [0.1, 0.15) is 25.0 Å². The molecule has 0 aliphatic carbocycles. The normalized spacial score (nSPS) is 13.7. The van der Waals surface area contributed by atoms with Crippen molar-refractivity contribution in [2.75, 3.05) is 45.6 Å². The first-order chi connectivity index (χ1) is 12.5. The number of halogens is 1. The average molecular weight is 510 g/mol. The molecule has 0 saturated heterocycles. The van der Waals surface area contributed by atoms with Crippen molar-refractivity contribution in [1.29, 1.82) is 0 Å². The number of ether oxygens (including phenoxy) is 1. The summed E-state index contributed by atoms with van der Waals surface area (Å²) < 4.78 is 31.3. The lowest BCUT2D eigenvalue weighted by molar-refractivity contribution is 0.357. The summed E-state index contributed by atoms with van der Waals surface area (Å²) in [7, 11) is -1.54. The smallest absolute Gasteiger partial charge is 0.215 e. The predicted octanol–water partition coefficient (Wildman–Crippen LogP) is 1.62. The molecule has 1 aromatic rings. The second kappa shape index (κ2) is 11.7. The van der Waals surface area contributed by atoms with Gasteiger partial charge in [0.25, 0.3) is 0 Å². The molecule has 0 bridgehead atoms. The lowest BCUT2D eigenvalue weighted by Gasteiger charge is -2.19. The lowest BCUT2D eigenvalue weighted by atomic mass is 10.1. The van der Waals surface area contributed by atoms with E-state index in [2.05, 4.69) is 27.8 Å². The highest BCUT2D eigenvalue weighted by Gasteiger charge is 2.18. The summed E-state index contributed by atoms with van der Waals surface area (Å²) in [5.41, 5.74) is 2.52. The van der Waals surface area contributed by atoms with Crippen molar-refractivity contribution in [2.24, 2.45) is 4.99 Å². The number of hydrogen-bond acceptors (Lipinski definition) is 4. The van der Waals surface area contributed by atoms with E-state index in [1.54, 1.807) is 7.05 Å². The molecular formula is C18H31IN4O3S. The molecular weight excluding hydrogens is 479 g/mol. The van der Waals surface area contributed by atoms with Gasteiger partial charge in [-0.15, -0.1) is 24.0 Å². The third-order valence-electron chi connectivity index (χ3n) is 4.43. The summed E-state index contributed by atoms with van der Waals surface area (Å²) >= 11 is 0. The Balaban J connectivity index is 0.00000364. The van der Waals surface area contributed by atoms with Gasteiger partial charge in [0.15, 0.2) is 5.96 Å². The van der Waals surface area contributed by atoms with E-state index >= 15 is 0 Å². The van der Waals surface area contributed by atoms with E-state index < -0.39 is 10.0 Å². The van der Waals surface area contributed by atoms with Gasteiger partial charge >= 0.3 is 0 Å². The zero-order valence-corrected chi connectivity index (χ0v) is 19.5. The highest BCUT2D eigenvalue weighted by Crippen LogP contribution is 2.25. The van der Waals surface area contributed by atoms with Gasteiger partial charge in [-0.2, -0.15) is 0 Å². The molecule has 0 fully saturated rings. The van der Waals surface area contributed by atoms with Gasteiger partial charge in [0, 0.05) is 39.6 Å². The van der Waals surface area contributed by atoms with Crippen LogP contribution >= 0.6 is 24.0 Å². The summed E-state index contributed by atoms with van der Waals surface area (Å²) in [6.07, 6.45) is 1.84. The standard InChI is InChI=1S/C18H30N4O3S.HI/c1-4-22(5-2)26(23,24)13-11-21-18(19-3)20-10-8-15-6-7-17-16(14-15)9-12-25-17;/h6-7,14H,4-5,8-13H2,1-3H3,(H2,19,20,21);1H. The van der Waals surface area contributed by atoms with Crippen molar-refractivity contribution >= 4 is 40.0 Å². The number of sulfonamides is 1. The zero-order valence-electron chi connectivity index (χ0n) is 16.3. The first-order valence-electron chi connectivity index (χ1n) is 9.17. The molecule has 0 unspecified atom stereocenters. The van der Waals surface area contributed by atoms with Gasteiger partial charge in [0.2, 0.25) is 10.0 Å². The molecule has 0 amide bonds. The van der Waals surface area contributed by atoms with Gasteiger partial charge in [0.05, 0.1) is 12.4 Å². The Hall–Kier alpha value is -1.07. The lowest BCUT2D eigenvalue weighted by Crippen LogP contribution is -2.42.